The van der Waals surface area contributed by atoms with Gasteiger partial charge in [-0.25, -0.2) is 0 Å². The molecule has 1 unspecified atom stereocenters. The molecule has 1 aliphatic heterocycles. The van der Waals surface area contributed by atoms with Gasteiger partial charge in [-0.3, -0.25) is 0 Å². The van der Waals surface area contributed by atoms with E-state index in [1.54, 1.807) is 5.56 Å². The van der Waals surface area contributed by atoms with Crippen LogP contribution < -0.4 is 5.32 Å². The van der Waals surface area contributed by atoms with E-state index in [0.29, 0.717) is 0 Å². The normalized spacial score (nSPS) is 19.6. The molecule has 1 aliphatic rings. The first-order chi connectivity index (χ1) is 7.81. The molecule has 2 rings (SSSR count). The Balaban J connectivity index is 2.14. The predicted octanol–water partition coefficient (Wildman–Crippen LogP) is 3.49. The SMILES string of the molecule is CCC(c1cccc(C)c1)C1CCNCC1. The van der Waals surface area contributed by atoms with Crippen molar-refractivity contribution in [3.8, 4) is 0 Å². The molecule has 1 saturated heterocycles. The van der Waals surface area contributed by atoms with E-state index < -0.39 is 0 Å². The zero-order valence-corrected chi connectivity index (χ0v) is 10.5. The molecule has 0 radical (unpaired) electrons. The van der Waals surface area contributed by atoms with Crippen LogP contribution in [-0.2, 0) is 0 Å². The Bertz CT molecular complexity index is 326. The van der Waals surface area contributed by atoms with Crippen molar-refractivity contribution in [3.05, 3.63) is 35.4 Å². The quantitative estimate of drug-likeness (QED) is 0.817. The van der Waals surface area contributed by atoms with Crippen LogP contribution in [0.2, 0.25) is 0 Å². The fraction of sp³-hybridized carbons (Fsp3) is 0.600. The van der Waals surface area contributed by atoms with E-state index in [-0.39, 0.29) is 0 Å². The molecule has 1 aromatic rings. The van der Waals surface area contributed by atoms with Crippen LogP contribution in [0.3, 0.4) is 0 Å². The molecule has 0 saturated carbocycles. The molecular formula is C15H23N. The highest BCUT2D eigenvalue weighted by Crippen LogP contribution is 2.33. The van der Waals surface area contributed by atoms with Crippen molar-refractivity contribution < 1.29 is 0 Å². The molecule has 1 nitrogen and oxygen atoms in total. The van der Waals surface area contributed by atoms with E-state index in [1.165, 1.54) is 37.9 Å². The summed E-state index contributed by atoms with van der Waals surface area (Å²) in [6, 6.07) is 9.08. The van der Waals surface area contributed by atoms with Gasteiger partial charge in [0, 0.05) is 0 Å². The Morgan fingerprint density at radius 2 is 2.06 bits per heavy atom. The summed E-state index contributed by atoms with van der Waals surface area (Å²) in [5.41, 5.74) is 2.94. The Labute approximate surface area is 99.3 Å². The lowest BCUT2D eigenvalue weighted by molar-refractivity contribution is 0.312. The van der Waals surface area contributed by atoms with Crippen LogP contribution in [0.25, 0.3) is 0 Å². The molecule has 1 fully saturated rings. The van der Waals surface area contributed by atoms with Crippen molar-refractivity contribution >= 4 is 0 Å². The summed E-state index contributed by atoms with van der Waals surface area (Å²) in [5.74, 6) is 1.65. The highest BCUT2D eigenvalue weighted by molar-refractivity contribution is 5.26. The molecule has 16 heavy (non-hydrogen) atoms. The van der Waals surface area contributed by atoms with Crippen molar-refractivity contribution in [2.45, 2.75) is 39.0 Å². The highest BCUT2D eigenvalue weighted by atomic mass is 14.9. The molecule has 88 valence electrons. The van der Waals surface area contributed by atoms with Gasteiger partial charge in [-0.15, -0.1) is 0 Å². The fourth-order valence-corrected chi connectivity index (χ4v) is 2.99. The van der Waals surface area contributed by atoms with Gasteiger partial charge in [0.1, 0.15) is 0 Å². The zero-order chi connectivity index (χ0) is 11.4. The molecule has 1 aromatic carbocycles. The summed E-state index contributed by atoms with van der Waals surface area (Å²) in [4.78, 5) is 0. The van der Waals surface area contributed by atoms with E-state index in [1.807, 2.05) is 0 Å². The van der Waals surface area contributed by atoms with Crippen LogP contribution in [0, 0.1) is 12.8 Å². The summed E-state index contributed by atoms with van der Waals surface area (Å²) < 4.78 is 0. The second kappa shape index (κ2) is 5.49. The number of piperidine rings is 1. The second-order valence-electron chi connectivity index (χ2n) is 5.02. The number of hydrogen-bond acceptors (Lipinski definition) is 1. The second-order valence-corrected chi connectivity index (χ2v) is 5.02. The highest BCUT2D eigenvalue weighted by Gasteiger charge is 2.23. The van der Waals surface area contributed by atoms with Crippen molar-refractivity contribution in [1.29, 1.82) is 0 Å². The van der Waals surface area contributed by atoms with Crippen LogP contribution in [0.15, 0.2) is 24.3 Å². The van der Waals surface area contributed by atoms with Gasteiger partial charge < -0.3 is 5.32 Å². The molecule has 0 amide bonds. The fourth-order valence-electron chi connectivity index (χ4n) is 2.99. The summed E-state index contributed by atoms with van der Waals surface area (Å²) >= 11 is 0. The van der Waals surface area contributed by atoms with Gasteiger partial charge in [-0.2, -0.15) is 0 Å². The van der Waals surface area contributed by atoms with E-state index >= 15 is 0 Å². The monoisotopic (exact) mass is 217 g/mol. The Hall–Kier alpha value is -0.820. The van der Waals surface area contributed by atoms with Crippen LogP contribution in [-0.4, -0.2) is 13.1 Å². The lowest BCUT2D eigenvalue weighted by Crippen LogP contribution is -2.30. The van der Waals surface area contributed by atoms with Crippen molar-refractivity contribution in [2.75, 3.05) is 13.1 Å². The minimum Gasteiger partial charge on any atom is -0.317 e. The molecule has 1 atom stereocenters. The van der Waals surface area contributed by atoms with Gasteiger partial charge in [0.15, 0.2) is 0 Å². The van der Waals surface area contributed by atoms with Crippen LogP contribution in [0.1, 0.15) is 43.2 Å². The smallest absolute Gasteiger partial charge is 0.00461 e. The molecule has 1 N–H and O–H groups in total. The number of benzene rings is 1. The summed E-state index contributed by atoms with van der Waals surface area (Å²) in [6.45, 7) is 6.92. The van der Waals surface area contributed by atoms with Gasteiger partial charge >= 0.3 is 0 Å². The van der Waals surface area contributed by atoms with E-state index in [9.17, 15) is 0 Å². The molecule has 0 aromatic heterocycles. The van der Waals surface area contributed by atoms with Gasteiger partial charge in [0.2, 0.25) is 0 Å². The van der Waals surface area contributed by atoms with Crippen LogP contribution in [0.5, 0.6) is 0 Å². The van der Waals surface area contributed by atoms with E-state index in [2.05, 4.69) is 43.4 Å². The van der Waals surface area contributed by atoms with Crippen LogP contribution >= 0.6 is 0 Å². The molecule has 1 heterocycles. The lowest BCUT2D eigenvalue weighted by Gasteiger charge is -2.30. The summed E-state index contributed by atoms with van der Waals surface area (Å²) in [7, 11) is 0. The van der Waals surface area contributed by atoms with E-state index in [4.69, 9.17) is 0 Å². The Morgan fingerprint density at radius 3 is 2.69 bits per heavy atom. The minimum atomic E-state index is 0.766. The molecule has 0 spiro atoms. The Morgan fingerprint density at radius 1 is 1.31 bits per heavy atom. The van der Waals surface area contributed by atoms with Crippen molar-refractivity contribution in [1.82, 2.24) is 5.32 Å². The molecular weight excluding hydrogens is 194 g/mol. The molecule has 0 bridgehead atoms. The lowest BCUT2D eigenvalue weighted by atomic mass is 9.79. The standard InChI is InChI=1S/C15H23N/c1-3-15(13-7-9-16-10-8-13)14-6-4-5-12(2)11-14/h4-6,11,13,15-16H,3,7-10H2,1-2H3. The minimum absolute atomic E-state index is 0.766. The largest absolute Gasteiger partial charge is 0.317 e. The first-order valence-electron chi connectivity index (χ1n) is 6.58. The third kappa shape index (κ3) is 2.65. The van der Waals surface area contributed by atoms with Crippen molar-refractivity contribution in [3.63, 3.8) is 0 Å². The third-order valence-corrected chi connectivity index (χ3v) is 3.86. The maximum atomic E-state index is 3.46. The summed E-state index contributed by atoms with van der Waals surface area (Å²) in [6.07, 6.45) is 3.95. The maximum Gasteiger partial charge on any atom is -0.00461 e. The van der Waals surface area contributed by atoms with Gasteiger partial charge in [0.25, 0.3) is 0 Å². The number of nitrogens with one attached hydrogen (secondary N) is 1. The number of hydrogen-bond donors (Lipinski definition) is 1. The zero-order valence-electron chi connectivity index (χ0n) is 10.5. The molecule has 1 heteroatoms. The first kappa shape index (κ1) is 11.7. The third-order valence-electron chi connectivity index (χ3n) is 3.86. The van der Waals surface area contributed by atoms with Gasteiger partial charge in [-0.05, 0) is 56.7 Å². The van der Waals surface area contributed by atoms with E-state index in [0.717, 1.165) is 11.8 Å². The number of aryl methyl sites for hydroxylation is 1. The Kier molecular flexibility index (Phi) is 4.00. The maximum absolute atomic E-state index is 3.46. The first-order valence-corrected chi connectivity index (χ1v) is 6.58. The van der Waals surface area contributed by atoms with Crippen LogP contribution in [0.4, 0.5) is 0 Å². The predicted molar refractivity (Wildman–Crippen MR) is 69.8 cm³/mol. The molecule has 0 aliphatic carbocycles. The van der Waals surface area contributed by atoms with Gasteiger partial charge in [0.05, 0.1) is 0 Å². The summed E-state index contributed by atoms with van der Waals surface area (Å²) in [5, 5.41) is 3.46. The van der Waals surface area contributed by atoms with Gasteiger partial charge in [-0.1, -0.05) is 36.8 Å². The average molecular weight is 217 g/mol. The average Bonchev–Trinajstić information content (AvgIpc) is 2.31. The van der Waals surface area contributed by atoms with Crippen molar-refractivity contribution in [2.24, 2.45) is 5.92 Å². The number of rotatable bonds is 3. The topological polar surface area (TPSA) is 12.0 Å².